The Morgan fingerprint density at radius 2 is 1.83 bits per heavy atom. The minimum Gasteiger partial charge on any atom is -0.397 e. The lowest BCUT2D eigenvalue weighted by atomic mass is 10.1. The number of hydrogen-bond donors (Lipinski definition) is 2. The molecular formula is C14H14BrFN2. The van der Waals surface area contributed by atoms with E-state index < -0.39 is 0 Å². The highest BCUT2D eigenvalue weighted by Crippen LogP contribution is 2.29. The number of aryl methyl sites for hydroxylation is 2. The number of benzene rings is 2. The van der Waals surface area contributed by atoms with E-state index in [0.29, 0.717) is 15.8 Å². The topological polar surface area (TPSA) is 38.0 Å². The molecule has 4 heteroatoms. The van der Waals surface area contributed by atoms with Gasteiger partial charge in [-0.2, -0.15) is 0 Å². The van der Waals surface area contributed by atoms with Crippen LogP contribution in [0.25, 0.3) is 0 Å². The van der Waals surface area contributed by atoms with Crippen molar-refractivity contribution in [3.63, 3.8) is 0 Å². The second kappa shape index (κ2) is 4.98. The summed E-state index contributed by atoms with van der Waals surface area (Å²) in [4.78, 5) is 0. The van der Waals surface area contributed by atoms with E-state index in [1.807, 2.05) is 32.0 Å². The van der Waals surface area contributed by atoms with Gasteiger partial charge < -0.3 is 11.1 Å². The van der Waals surface area contributed by atoms with Gasteiger partial charge in [0.15, 0.2) is 0 Å². The van der Waals surface area contributed by atoms with Gasteiger partial charge >= 0.3 is 0 Å². The standard InChI is InChI=1S/C14H14BrFN2/c1-8-3-4-12(17)14(5-8)18-13-7-11(16)10(15)6-9(13)2/h3-7,18H,17H2,1-2H3. The Bertz CT molecular complexity index is 597. The van der Waals surface area contributed by atoms with Gasteiger partial charge in [0.05, 0.1) is 15.8 Å². The molecule has 2 rings (SSSR count). The van der Waals surface area contributed by atoms with E-state index >= 15 is 0 Å². The third-order valence-corrected chi connectivity index (χ3v) is 3.35. The summed E-state index contributed by atoms with van der Waals surface area (Å²) in [6, 6.07) is 8.91. The van der Waals surface area contributed by atoms with Crippen LogP contribution in [0.1, 0.15) is 11.1 Å². The Morgan fingerprint density at radius 3 is 2.56 bits per heavy atom. The van der Waals surface area contributed by atoms with E-state index in [2.05, 4.69) is 21.2 Å². The third kappa shape index (κ3) is 2.64. The predicted molar refractivity (Wildman–Crippen MR) is 77.7 cm³/mol. The van der Waals surface area contributed by atoms with Crippen LogP contribution in [0.2, 0.25) is 0 Å². The predicted octanol–water partition coefficient (Wildman–Crippen LogP) is 4.53. The zero-order chi connectivity index (χ0) is 13.3. The maximum atomic E-state index is 13.5. The zero-order valence-electron chi connectivity index (χ0n) is 10.2. The number of halogens is 2. The number of hydrogen-bond acceptors (Lipinski definition) is 2. The molecule has 0 atom stereocenters. The lowest BCUT2D eigenvalue weighted by molar-refractivity contribution is 0.621. The molecule has 0 fully saturated rings. The molecule has 0 aliphatic rings. The van der Waals surface area contributed by atoms with Crippen molar-refractivity contribution < 1.29 is 4.39 Å². The van der Waals surface area contributed by atoms with E-state index in [-0.39, 0.29) is 5.82 Å². The fourth-order valence-electron chi connectivity index (χ4n) is 1.70. The number of anilines is 3. The highest BCUT2D eigenvalue weighted by atomic mass is 79.9. The van der Waals surface area contributed by atoms with Gasteiger partial charge in [0, 0.05) is 5.69 Å². The van der Waals surface area contributed by atoms with E-state index in [1.54, 1.807) is 6.07 Å². The van der Waals surface area contributed by atoms with Gasteiger partial charge in [-0.05, 0) is 65.2 Å². The number of nitrogen functional groups attached to an aromatic ring is 1. The van der Waals surface area contributed by atoms with Crippen LogP contribution in [0.4, 0.5) is 21.5 Å². The van der Waals surface area contributed by atoms with Gasteiger partial charge in [0.1, 0.15) is 5.82 Å². The van der Waals surface area contributed by atoms with Crippen LogP contribution in [-0.2, 0) is 0 Å². The summed E-state index contributed by atoms with van der Waals surface area (Å²) in [7, 11) is 0. The summed E-state index contributed by atoms with van der Waals surface area (Å²) in [5.74, 6) is -0.297. The molecule has 0 aliphatic carbocycles. The first kappa shape index (κ1) is 12.9. The van der Waals surface area contributed by atoms with Crippen molar-refractivity contribution in [3.8, 4) is 0 Å². The van der Waals surface area contributed by atoms with Crippen molar-refractivity contribution in [3.05, 3.63) is 51.7 Å². The van der Waals surface area contributed by atoms with Crippen LogP contribution < -0.4 is 11.1 Å². The molecular weight excluding hydrogens is 295 g/mol. The average Bonchev–Trinajstić information content (AvgIpc) is 2.30. The van der Waals surface area contributed by atoms with Crippen molar-refractivity contribution in [2.24, 2.45) is 0 Å². The largest absolute Gasteiger partial charge is 0.397 e. The normalized spacial score (nSPS) is 10.4. The van der Waals surface area contributed by atoms with E-state index in [1.165, 1.54) is 6.07 Å². The van der Waals surface area contributed by atoms with Gasteiger partial charge in [0.25, 0.3) is 0 Å². The molecule has 0 heterocycles. The smallest absolute Gasteiger partial charge is 0.139 e. The number of nitrogens with two attached hydrogens (primary N) is 1. The summed E-state index contributed by atoms with van der Waals surface area (Å²) in [5, 5.41) is 3.16. The second-order valence-electron chi connectivity index (χ2n) is 4.30. The van der Waals surface area contributed by atoms with Crippen LogP contribution in [0.15, 0.2) is 34.8 Å². The molecule has 0 radical (unpaired) electrons. The van der Waals surface area contributed by atoms with Gasteiger partial charge in [-0.15, -0.1) is 0 Å². The molecule has 2 aromatic rings. The van der Waals surface area contributed by atoms with Gasteiger partial charge in [-0.3, -0.25) is 0 Å². The zero-order valence-corrected chi connectivity index (χ0v) is 11.8. The summed E-state index contributed by atoms with van der Waals surface area (Å²) >= 11 is 3.16. The molecule has 0 amide bonds. The number of rotatable bonds is 2. The van der Waals surface area contributed by atoms with E-state index in [4.69, 9.17) is 5.73 Å². The summed E-state index contributed by atoms with van der Waals surface area (Å²) in [6.07, 6.45) is 0. The van der Waals surface area contributed by atoms with Gasteiger partial charge in [-0.25, -0.2) is 4.39 Å². The van der Waals surface area contributed by atoms with Crippen LogP contribution >= 0.6 is 15.9 Å². The molecule has 0 saturated heterocycles. The fourth-order valence-corrected chi connectivity index (χ4v) is 2.16. The Morgan fingerprint density at radius 1 is 1.11 bits per heavy atom. The van der Waals surface area contributed by atoms with Crippen molar-refractivity contribution >= 4 is 33.0 Å². The minimum atomic E-state index is -0.297. The van der Waals surface area contributed by atoms with Crippen molar-refractivity contribution in [2.45, 2.75) is 13.8 Å². The lowest BCUT2D eigenvalue weighted by Crippen LogP contribution is -1.99. The van der Waals surface area contributed by atoms with Crippen molar-refractivity contribution in [2.75, 3.05) is 11.1 Å². The first-order valence-electron chi connectivity index (χ1n) is 5.56. The maximum Gasteiger partial charge on any atom is 0.139 e. The summed E-state index contributed by atoms with van der Waals surface area (Å²) < 4.78 is 14.0. The highest BCUT2D eigenvalue weighted by Gasteiger charge is 2.07. The lowest BCUT2D eigenvalue weighted by Gasteiger charge is -2.13. The fraction of sp³-hybridized carbons (Fsp3) is 0.143. The Hall–Kier alpha value is -1.55. The van der Waals surface area contributed by atoms with Crippen LogP contribution in [0, 0.1) is 19.7 Å². The molecule has 3 N–H and O–H groups in total. The average molecular weight is 309 g/mol. The molecule has 2 aromatic carbocycles. The maximum absolute atomic E-state index is 13.5. The molecule has 94 valence electrons. The minimum absolute atomic E-state index is 0.297. The molecule has 18 heavy (non-hydrogen) atoms. The van der Waals surface area contributed by atoms with E-state index in [0.717, 1.165) is 16.8 Å². The number of nitrogens with one attached hydrogen (secondary N) is 1. The van der Waals surface area contributed by atoms with Crippen molar-refractivity contribution in [1.29, 1.82) is 0 Å². The van der Waals surface area contributed by atoms with Crippen LogP contribution in [0.5, 0.6) is 0 Å². The SMILES string of the molecule is Cc1ccc(N)c(Nc2cc(F)c(Br)cc2C)c1. The van der Waals surface area contributed by atoms with Gasteiger partial charge in [-0.1, -0.05) is 6.07 Å². The second-order valence-corrected chi connectivity index (χ2v) is 5.15. The molecule has 2 nitrogen and oxygen atoms in total. The first-order valence-corrected chi connectivity index (χ1v) is 6.35. The third-order valence-electron chi connectivity index (χ3n) is 2.75. The van der Waals surface area contributed by atoms with Crippen molar-refractivity contribution in [1.82, 2.24) is 0 Å². The molecule has 0 saturated carbocycles. The van der Waals surface area contributed by atoms with Crippen LogP contribution in [-0.4, -0.2) is 0 Å². The highest BCUT2D eigenvalue weighted by molar-refractivity contribution is 9.10. The monoisotopic (exact) mass is 308 g/mol. The van der Waals surface area contributed by atoms with E-state index in [9.17, 15) is 4.39 Å². The quantitative estimate of drug-likeness (QED) is 0.800. The first-order chi connectivity index (χ1) is 8.47. The Labute approximate surface area is 114 Å². The summed E-state index contributed by atoms with van der Waals surface area (Å²) in [5.41, 5.74) is 10.1. The molecule has 0 bridgehead atoms. The van der Waals surface area contributed by atoms with Gasteiger partial charge in [0.2, 0.25) is 0 Å². The Balaban J connectivity index is 2.40. The molecule has 0 spiro atoms. The molecule has 0 aromatic heterocycles. The summed E-state index contributed by atoms with van der Waals surface area (Å²) in [6.45, 7) is 3.90. The Kier molecular flexibility index (Phi) is 3.57. The molecule has 0 unspecified atom stereocenters. The van der Waals surface area contributed by atoms with Crippen LogP contribution in [0.3, 0.4) is 0 Å². The molecule has 0 aliphatic heterocycles.